The highest BCUT2D eigenvalue weighted by Crippen LogP contribution is 2.34. The first-order chi connectivity index (χ1) is 10.3. The van der Waals surface area contributed by atoms with Gasteiger partial charge in [0.2, 0.25) is 5.91 Å². The van der Waals surface area contributed by atoms with Gasteiger partial charge in [-0.3, -0.25) is 14.8 Å². The van der Waals surface area contributed by atoms with E-state index < -0.39 is 0 Å². The number of amides is 1. The van der Waals surface area contributed by atoms with Crippen molar-refractivity contribution >= 4 is 5.91 Å². The number of carbonyl (C=O) groups excluding carboxylic acids is 1. The third kappa shape index (κ3) is 3.22. The Balaban J connectivity index is 1.59. The molecule has 2 aliphatic rings. The van der Waals surface area contributed by atoms with Crippen LogP contribution in [0.3, 0.4) is 0 Å². The Morgan fingerprint density at radius 1 is 1.43 bits per heavy atom. The summed E-state index contributed by atoms with van der Waals surface area (Å²) < 4.78 is 5.75. The molecule has 1 aliphatic carbocycles. The zero-order valence-electron chi connectivity index (χ0n) is 12.0. The largest absolute Gasteiger partial charge is 0.396 e. The van der Waals surface area contributed by atoms with Gasteiger partial charge in [0.25, 0.3) is 0 Å². The Morgan fingerprint density at radius 3 is 3.10 bits per heavy atom. The quantitative estimate of drug-likeness (QED) is 0.869. The molecule has 1 unspecified atom stereocenters. The van der Waals surface area contributed by atoms with Gasteiger partial charge in [-0.1, -0.05) is 0 Å². The second kappa shape index (κ2) is 6.49. The SMILES string of the molecule is O=C(CCc1cnccn1)N1CCOC2C[C@H](CO)C[C@@H]21. The first-order valence-corrected chi connectivity index (χ1v) is 7.54. The molecule has 1 aromatic rings. The number of fused-ring (bicyclic) bond motifs is 1. The Labute approximate surface area is 124 Å². The zero-order chi connectivity index (χ0) is 14.7. The van der Waals surface area contributed by atoms with E-state index in [2.05, 4.69) is 9.97 Å². The maximum absolute atomic E-state index is 12.5. The van der Waals surface area contributed by atoms with Crippen molar-refractivity contribution in [3.63, 3.8) is 0 Å². The van der Waals surface area contributed by atoms with Crippen molar-refractivity contribution in [3.8, 4) is 0 Å². The van der Waals surface area contributed by atoms with E-state index >= 15 is 0 Å². The summed E-state index contributed by atoms with van der Waals surface area (Å²) in [6.45, 7) is 1.42. The lowest BCUT2D eigenvalue weighted by Gasteiger charge is -2.37. The van der Waals surface area contributed by atoms with Crippen molar-refractivity contribution < 1.29 is 14.6 Å². The minimum Gasteiger partial charge on any atom is -0.396 e. The van der Waals surface area contributed by atoms with Gasteiger partial charge in [-0.05, 0) is 25.2 Å². The molecular formula is C15H21N3O3. The van der Waals surface area contributed by atoms with Gasteiger partial charge < -0.3 is 14.7 Å². The number of rotatable bonds is 4. The van der Waals surface area contributed by atoms with Crippen LogP contribution in [0.1, 0.15) is 25.0 Å². The molecule has 1 saturated carbocycles. The van der Waals surface area contributed by atoms with E-state index in [1.54, 1.807) is 18.6 Å². The Morgan fingerprint density at radius 2 is 2.33 bits per heavy atom. The second-order valence-electron chi connectivity index (χ2n) is 5.78. The van der Waals surface area contributed by atoms with Crippen molar-refractivity contribution in [2.45, 2.75) is 37.8 Å². The number of ether oxygens (including phenoxy) is 1. The fraction of sp³-hybridized carbons (Fsp3) is 0.667. The van der Waals surface area contributed by atoms with E-state index in [0.29, 0.717) is 26.0 Å². The molecule has 1 amide bonds. The summed E-state index contributed by atoms with van der Waals surface area (Å²) in [6, 6.07) is 0.130. The highest BCUT2D eigenvalue weighted by atomic mass is 16.5. The van der Waals surface area contributed by atoms with Gasteiger partial charge in [-0.15, -0.1) is 0 Å². The molecule has 21 heavy (non-hydrogen) atoms. The second-order valence-corrected chi connectivity index (χ2v) is 5.78. The van der Waals surface area contributed by atoms with Gasteiger partial charge in [0, 0.05) is 38.2 Å². The molecule has 1 aromatic heterocycles. The highest BCUT2D eigenvalue weighted by molar-refractivity contribution is 5.77. The number of aliphatic hydroxyl groups is 1. The highest BCUT2D eigenvalue weighted by Gasteiger charge is 2.42. The van der Waals surface area contributed by atoms with Gasteiger partial charge in [0.15, 0.2) is 0 Å². The third-order valence-electron chi connectivity index (χ3n) is 4.42. The van der Waals surface area contributed by atoms with E-state index in [9.17, 15) is 9.90 Å². The molecule has 0 aromatic carbocycles. The molecule has 1 N–H and O–H groups in total. The predicted molar refractivity (Wildman–Crippen MR) is 75.4 cm³/mol. The Kier molecular flexibility index (Phi) is 4.45. The molecule has 114 valence electrons. The minimum absolute atomic E-state index is 0.0939. The van der Waals surface area contributed by atoms with Crippen LogP contribution in [0.2, 0.25) is 0 Å². The Hall–Kier alpha value is -1.53. The molecular weight excluding hydrogens is 270 g/mol. The fourth-order valence-electron chi connectivity index (χ4n) is 3.35. The normalized spacial score (nSPS) is 28.4. The van der Waals surface area contributed by atoms with Crippen LogP contribution in [0.15, 0.2) is 18.6 Å². The number of aromatic nitrogens is 2. The minimum atomic E-state index is 0.0939. The molecule has 0 bridgehead atoms. The topological polar surface area (TPSA) is 75.6 Å². The van der Waals surface area contributed by atoms with Gasteiger partial charge in [0.05, 0.1) is 24.4 Å². The van der Waals surface area contributed by atoms with Crippen molar-refractivity contribution in [1.29, 1.82) is 0 Å². The summed E-state index contributed by atoms with van der Waals surface area (Å²) >= 11 is 0. The van der Waals surface area contributed by atoms with Crippen LogP contribution in [0.25, 0.3) is 0 Å². The first-order valence-electron chi connectivity index (χ1n) is 7.54. The van der Waals surface area contributed by atoms with Crippen LogP contribution in [-0.2, 0) is 16.0 Å². The number of hydrogen-bond donors (Lipinski definition) is 1. The summed E-state index contributed by atoms with van der Waals surface area (Å²) in [7, 11) is 0. The maximum Gasteiger partial charge on any atom is 0.223 e. The van der Waals surface area contributed by atoms with E-state index in [1.165, 1.54) is 0 Å². The summed E-state index contributed by atoms with van der Waals surface area (Å²) in [5, 5.41) is 9.32. The van der Waals surface area contributed by atoms with Crippen LogP contribution in [0.4, 0.5) is 0 Å². The van der Waals surface area contributed by atoms with Crippen molar-refractivity contribution in [3.05, 3.63) is 24.3 Å². The average molecular weight is 291 g/mol. The van der Waals surface area contributed by atoms with E-state index in [4.69, 9.17) is 4.74 Å². The van der Waals surface area contributed by atoms with Gasteiger partial charge >= 0.3 is 0 Å². The van der Waals surface area contributed by atoms with Crippen molar-refractivity contribution in [2.24, 2.45) is 5.92 Å². The molecule has 6 nitrogen and oxygen atoms in total. The van der Waals surface area contributed by atoms with Crippen LogP contribution in [-0.4, -0.2) is 57.8 Å². The van der Waals surface area contributed by atoms with Crippen LogP contribution in [0.5, 0.6) is 0 Å². The molecule has 0 spiro atoms. The van der Waals surface area contributed by atoms with Gasteiger partial charge in [-0.2, -0.15) is 0 Å². The molecule has 2 fully saturated rings. The lowest BCUT2D eigenvalue weighted by atomic mass is 10.1. The monoisotopic (exact) mass is 291 g/mol. The zero-order valence-corrected chi connectivity index (χ0v) is 12.0. The fourth-order valence-corrected chi connectivity index (χ4v) is 3.35. The first kappa shape index (κ1) is 14.4. The number of aryl methyl sites for hydroxylation is 1. The molecule has 3 rings (SSSR count). The smallest absolute Gasteiger partial charge is 0.223 e. The predicted octanol–water partition coefficient (Wildman–Crippen LogP) is 0.408. The summed E-state index contributed by atoms with van der Waals surface area (Å²) in [5.74, 6) is 0.408. The summed E-state index contributed by atoms with van der Waals surface area (Å²) in [6.07, 6.45) is 7.84. The van der Waals surface area contributed by atoms with E-state index in [0.717, 1.165) is 18.5 Å². The van der Waals surface area contributed by atoms with Crippen LogP contribution in [0, 0.1) is 5.92 Å². The number of morpholine rings is 1. The molecule has 6 heteroatoms. The van der Waals surface area contributed by atoms with Crippen LogP contribution < -0.4 is 0 Å². The average Bonchev–Trinajstić information content (AvgIpc) is 2.96. The molecule has 2 heterocycles. The lowest BCUT2D eigenvalue weighted by molar-refractivity contribution is -0.143. The van der Waals surface area contributed by atoms with Gasteiger partial charge in [-0.25, -0.2) is 0 Å². The summed E-state index contributed by atoms with van der Waals surface area (Å²) in [5.41, 5.74) is 0.843. The standard InChI is InChI=1S/C15H21N3O3/c19-10-11-7-13-14(8-11)21-6-5-18(13)15(20)2-1-12-9-16-3-4-17-12/h3-4,9,11,13-14,19H,1-2,5-8,10H2/t11-,13+,14?/m1/s1. The molecule has 0 radical (unpaired) electrons. The number of nitrogens with zero attached hydrogens (tertiary/aromatic N) is 3. The summed E-state index contributed by atoms with van der Waals surface area (Å²) in [4.78, 5) is 22.6. The molecule has 1 aliphatic heterocycles. The van der Waals surface area contributed by atoms with E-state index in [1.807, 2.05) is 4.90 Å². The van der Waals surface area contributed by atoms with Gasteiger partial charge in [0.1, 0.15) is 0 Å². The Bertz CT molecular complexity index is 482. The van der Waals surface area contributed by atoms with Crippen LogP contribution >= 0.6 is 0 Å². The lowest BCUT2D eigenvalue weighted by Crippen LogP contribution is -2.51. The van der Waals surface area contributed by atoms with E-state index in [-0.39, 0.29) is 30.6 Å². The number of hydrogen-bond acceptors (Lipinski definition) is 5. The number of aliphatic hydroxyl groups excluding tert-OH is 1. The molecule has 3 atom stereocenters. The third-order valence-corrected chi connectivity index (χ3v) is 4.42. The van der Waals surface area contributed by atoms with Crippen molar-refractivity contribution in [1.82, 2.24) is 14.9 Å². The number of carbonyl (C=O) groups is 1. The molecule has 1 saturated heterocycles. The van der Waals surface area contributed by atoms with Crippen molar-refractivity contribution in [2.75, 3.05) is 19.8 Å². The maximum atomic E-state index is 12.5.